The molecule has 0 heterocycles. The van der Waals surface area contributed by atoms with E-state index in [0.29, 0.717) is 11.8 Å². The Morgan fingerprint density at radius 2 is 0.759 bits per heavy atom. The summed E-state index contributed by atoms with van der Waals surface area (Å²) in [4.78, 5) is 0. The van der Waals surface area contributed by atoms with Gasteiger partial charge in [-0.05, 0) is 105 Å². The van der Waals surface area contributed by atoms with Crippen molar-refractivity contribution in [1.82, 2.24) is 0 Å². The zero-order chi connectivity index (χ0) is 41.1. The van der Waals surface area contributed by atoms with Gasteiger partial charge >= 0.3 is 30.2 Å². The molecule has 2 aromatic carbocycles. The van der Waals surface area contributed by atoms with Crippen molar-refractivity contribution in [1.29, 1.82) is 0 Å². The summed E-state index contributed by atoms with van der Waals surface area (Å²) in [5.74, 6) is 0.826. The van der Waals surface area contributed by atoms with Crippen LogP contribution in [0.1, 0.15) is 181 Å². The third-order valence-electron chi connectivity index (χ3n) is 12.6. The molecule has 0 bridgehead atoms. The summed E-state index contributed by atoms with van der Waals surface area (Å²) in [6.07, 6.45) is 24.3. The minimum atomic E-state index is 0. The Morgan fingerprint density at radius 1 is 0.466 bits per heavy atom. The zero-order valence-electron chi connectivity index (χ0n) is 39.4. The molecule has 0 saturated carbocycles. The molecular formula is C56H74SiZr-4. The summed E-state index contributed by atoms with van der Waals surface area (Å²) >= 11 is 1.58. The van der Waals surface area contributed by atoms with Crippen molar-refractivity contribution in [2.45, 2.75) is 169 Å². The summed E-state index contributed by atoms with van der Waals surface area (Å²) in [5.41, 5.74) is 24.0. The third-order valence-corrected chi connectivity index (χ3v) is 12.6. The van der Waals surface area contributed by atoms with Gasteiger partial charge < -0.3 is 14.9 Å². The second kappa shape index (κ2) is 17.8. The van der Waals surface area contributed by atoms with Crippen molar-refractivity contribution < 1.29 is 23.3 Å². The van der Waals surface area contributed by atoms with Crippen molar-refractivity contribution in [3.63, 3.8) is 0 Å². The van der Waals surface area contributed by atoms with Crippen molar-refractivity contribution in [2.24, 2.45) is 0 Å². The van der Waals surface area contributed by atoms with Gasteiger partial charge in [-0.2, -0.15) is 34.4 Å². The van der Waals surface area contributed by atoms with E-state index in [0.717, 1.165) is 0 Å². The van der Waals surface area contributed by atoms with Crippen molar-refractivity contribution in [3.8, 4) is 0 Å². The molecule has 0 nitrogen and oxygen atoms in total. The van der Waals surface area contributed by atoms with E-state index in [2.05, 4.69) is 170 Å². The molecule has 0 N–H and O–H groups in total. The van der Waals surface area contributed by atoms with E-state index in [1.54, 1.807) is 45.6 Å². The molecule has 0 aliphatic heterocycles. The van der Waals surface area contributed by atoms with Gasteiger partial charge in [0.05, 0.1) is 0 Å². The van der Waals surface area contributed by atoms with Crippen LogP contribution in [-0.4, -0.2) is 6.88 Å². The number of rotatable bonds is 2. The monoisotopic (exact) mass is 864 g/mol. The molecule has 2 heteroatoms. The molecule has 6 aliphatic rings. The fourth-order valence-electron chi connectivity index (χ4n) is 9.40. The maximum atomic E-state index is 3.61. The molecule has 0 saturated heterocycles. The molecular weight excluding hydrogens is 792 g/mol. The van der Waals surface area contributed by atoms with Crippen LogP contribution >= 0.6 is 0 Å². The molecule has 310 valence electrons. The fourth-order valence-corrected chi connectivity index (χ4v) is 9.40. The van der Waals surface area contributed by atoms with Gasteiger partial charge in [-0.3, -0.25) is 0 Å². The Hall–Kier alpha value is -2.54. The SMILES string of the molecule is CC1=[C-]C2=CC3=C(CCC3)C(c3cc(C(C)(C)C)cc(C(C)(C)C)c3)C2=C1.CC1=[C-]C2=CC3=C(CCC3)C(c3cc(C(C)(C)C)cc(C(C)(C)C)c3)C2=C1.[CH3-].[CH3-].[SiH2]=[Zr]. The van der Waals surface area contributed by atoms with Crippen LogP contribution in [0, 0.1) is 27.0 Å². The van der Waals surface area contributed by atoms with E-state index in [1.165, 1.54) is 105 Å². The van der Waals surface area contributed by atoms with E-state index >= 15 is 0 Å². The first-order valence-electron chi connectivity index (χ1n) is 21.3. The predicted octanol–water partition coefficient (Wildman–Crippen LogP) is 14.9. The van der Waals surface area contributed by atoms with E-state index in [-0.39, 0.29) is 36.5 Å². The average Bonchev–Trinajstić information content (AvgIpc) is 3.91. The van der Waals surface area contributed by atoms with Crippen LogP contribution in [0.25, 0.3) is 0 Å². The summed E-state index contributed by atoms with van der Waals surface area (Å²) in [5, 5.41) is 0. The van der Waals surface area contributed by atoms with Gasteiger partial charge in [-0.15, -0.1) is 35.5 Å². The van der Waals surface area contributed by atoms with Crippen molar-refractivity contribution >= 4 is 6.88 Å². The molecule has 2 unspecified atom stereocenters. The molecule has 0 amide bonds. The van der Waals surface area contributed by atoms with Crippen molar-refractivity contribution in [2.75, 3.05) is 0 Å². The topological polar surface area (TPSA) is 0 Å². The molecule has 58 heavy (non-hydrogen) atoms. The maximum absolute atomic E-state index is 3.61. The number of benzene rings is 2. The van der Waals surface area contributed by atoms with Crippen molar-refractivity contribution in [3.05, 3.63) is 177 Å². The molecule has 2 atom stereocenters. The van der Waals surface area contributed by atoms with Crippen LogP contribution in [0.15, 0.2) is 116 Å². The van der Waals surface area contributed by atoms with Crippen LogP contribution in [-0.2, 0) is 45.0 Å². The van der Waals surface area contributed by atoms with Crippen LogP contribution in [0.2, 0.25) is 0 Å². The Morgan fingerprint density at radius 3 is 1.03 bits per heavy atom. The standard InChI is InChI=1S/2C27H33.2CH3.H2Si.Zr/c2*1-17-11-19-13-18-9-8-10-23(18)25(24(19)12-17)20-14-21(26(2,3)4)16-22(15-20)27(5,6)7;;;;/h2*12-16,25H,8-10H2,1-7H3;2*1H3;1H2;/q4*-1;;. The number of hydrogen-bond acceptors (Lipinski definition) is 0. The van der Waals surface area contributed by atoms with Crippen LogP contribution < -0.4 is 0 Å². The fraction of sp³-hybridized carbons (Fsp3) is 0.464. The molecule has 0 radical (unpaired) electrons. The van der Waals surface area contributed by atoms with Crippen LogP contribution in [0.4, 0.5) is 0 Å². The summed E-state index contributed by atoms with van der Waals surface area (Å²) < 4.78 is 0. The predicted molar refractivity (Wildman–Crippen MR) is 253 cm³/mol. The van der Waals surface area contributed by atoms with E-state index < -0.39 is 0 Å². The Labute approximate surface area is 373 Å². The van der Waals surface area contributed by atoms with E-state index in [4.69, 9.17) is 0 Å². The van der Waals surface area contributed by atoms with Gasteiger partial charge in [0.1, 0.15) is 0 Å². The first kappa shape index (κ1) is 48.1. The second-order valence-corrected chi connectivity index (χ2v) is 21.3. The molecule has 0 aromatic heterocycles. The Bertz CT molecular complexity index is 1950. The normalized spacial score (nSPS) is 20.8. The zero-order valence-corrected chi connectivity index (χ0v) is 43.3. The van der Waals surface area contributed by atoms with Gasteiger partial charge in [0.2, 0.25) is 0 Å². The minimum absolute atomic E-state index is 0. The summed E-state index contributed by atoms with van der Waals surface area (Å²) in [7, 11) is 0. The number of allylic oxidation sites excluding steroid dienone is 16. The van der Waals surface area contributed by atoms with E-state index in [9.17, 15) is 0 Å². The Kier molecular flexibility index (Phi) is 14.8. The molecule has 8 rings (SSSR count). The molecule has 0 spiro atoms. The average molecular weight is 867 g/mol. The van der Waals surface area contributed by atoms with Gasteiger partial charge in [0, 0.05) is 0 Å². The first-order chi connectivity index (χ1) is 26.1. The van der Waals surface area contributed by atoms with Gasteiger partial charge in [0.15, 0.2) is 0 Å². The molecule has 6 aliphatic carbocycles. The van der Waals surface area contributed by atoms with Gasteiger partial charge in [-0.1, -0.05) is 156 Å². The third kappa shape index (κ3) is 9.97. The molecule has 2 aromatic rings. The summed E-state index contributed by atoms with van der Waals surface area (Å²) in [6.45, 7) is 34.3. The molecule has 0 fully saturated rings. The number of hydrogen-bond donors (Lipinski definition) is 0. The second-order valence-electron chi connectivity index (χ2n) is 21.3. The van der Waals surface area contributed by atoms with E-state index in [1.807, 2.05) is 6.88 Å². The Balaban J connectivity index is 0.000000238. The summed E-state index contributed by atoms with van der Waals surface area (Å²) in [6, 6.07) is 14.8. The van der Waals surface area contributed by atoms with Gasteiger partial charge in [-0.25, -0.2) is 0 Å². The van der Waals surface area contributed by atoms with Crippen LogP contribution in [0.3, 0.4) is 0 Å². The van der Waals surface area contributed by atoms with Crippen LogP contribution in [0.5, 0.6) is 0 Å². The first-order valence-corrected chi connectivity index (χ1v) is 27.2. The quantitative estimate of drug-likeness (QED) is 0.208. The van der Waals surface area contributed by atoms with Gasteiger partial charge in [0.25, 0.3) is 0 Å². The number of fused-ring (bicyclic) bond motifs is 2.